The van der Waals surface area contributed by atoms with Crippen molar-refractivity contribution >= 4 is 17.5 Å². The molecule has 5 heteroatoms. The Morgan fingerprint density at radius 3 is 2.89 bits per heavy atom. The number of carbonyl (C=O) groups excluding carboxylic acids is 1. The number of amides is 1. The summed E-state index contributed by atoms with van der Waals surface area (Å²) in [7, 11) is 0. The van der Waals surface area contributed by atoms with Gasteiger partial charge < -0.3 is 15.2 Å². The predicted molar refractivity (Wildman–Crippen MR) is 75.6 cm³/mol. The minimum atomic E-state index is -0.361. The predicted octanol–water partition coefficient (Wildman–Crippen LogP) is 2.30. The number of hydrogen-bond acceptors (Lipinski definition) is 3. The van der Waals surface area contributed by atoms with Crippen molar-refractivity contribution in [1.29, 1.82) is 0 Å². The Morgan fingerprint density at radius 1 is 1.53 bits per heavy atom. The first kappa shape index (κ1) is 15.8. The SMILES string of the molecule is CCC(O)CCNC(=O)COc1ccc(Cl)c(C)c1. The van der Waals surface area contributed by atoms with Crippen LogP contribution in [0.4, 0.5) is 0 Å². The number of aliphatic hydroxyl groups excluding tert-OH is 1. The van der Waals surface area contributed by atoms with Crippen molar-refractivity contribution in [1.82, 2.24) is 5.32 Å². The number of halogens is 1. The fourth-order valence-electron chi connectivity index (χ4n) is 1.49. The average Bonchev–Trinajstić information content (AvgIpc) is 2.40. The molecule has 106 valence electrons. The molecular formula is C14H20ClNO3. The van der Waals surface area contributed by atoms with E-state index in [4.69, 9.17) is 16.3 Å². The minimum absolute atomic E-state index is 0.0384. The van der Waals surface area contributed by atoms with E-state index in [0.717, 1.165) is 5.56 Å². The normalized spacial score (nSPS) is 12.0. The second kappa shape index (κ2) is 8.02. The summed E-state index contributed by atoms with van der Waals surface area (Å²) in [5, 5.41) is 12.7. The van der Waals surface area contributed by atoms with Crippen molar-refractivity contribution in [3.63, 3.8) is 0 Å². The summed E-state index contributed by atoms with van der Waals surface area (Å²) in [6, 6.07) is 5.25. The smallest absolute Gasteiger partial charge is 0.257 e. The Bertz CT molecular complexity index is 423. The molecule has 1 aromatic rings. The van der Waals surface area contributed by atoms with Crippen molar-refractivity contribution < 1.29 is 14.6 Å². The van der Waals surface area contributed by atoms with Gasteiger partial charge in [-0.3, -0.25) is 4.79 Å². The van der Waals surface area contributed by atoms with Gasteiger partial charge in [-0.15, -0.1) is 0 Å². The van der Waals surface area contributed by atoms with Crippen molar-refractivity contribution in [2.45, 2.75) is 32.8 Å². The zero-order valence-corrected chi connectivity index (χ0v) is 12.0. The second-order valence-electron chi connectivity index (χ2n) is 4.40. The quantitative estimate of drug-likeness (QED) is 0.808. The fourth-order valence-corrected chi connectivity index (χ4v) is 1.61. The zero-order chi connectivity index (χ0) is 14.3. The molecule has 1 amide bonds. The van der Waals surface area contributed by atoms with Gasteiger partial charge in [0.05, 0.1) is 6.10 Å². The van der Waals surface area contributed by atoms with Gasteiger partial charge >= 0.3 is 0 Å². The van der Waals surface area contributed by atoms with Gasteiger partial charge in [-0.2, -0.15) is 0 Å². The molecule has 2 N–H and O–H groups in total. The van der Waals surface area contributed by atoms with Gasteiger partial charge in [0.1, 0.15) is 5.75 Å². The van der Waals surface area contributed by atoms with Crippen LogP contribution >= 0.6 is 11.6 Å². The largest absolute Gasteiger partial charge is 0.484 e. The van der Waals surface area contributed by atoms with Crippen LogP contribution in [0.3, 0.4) is 0 Å². The van der Waals surface area contributed by atoms with Gasteiger partial charge in [-0.25, -0.2) is 0 Å². The summed E-state index contributed by atoms with van der Waals surface area (Å²) in [5.41, 5.74) is 0.908. The lowest BCUT2D eigenvalue weighted by Crippen LogP contribution is -2.31. The van der Waals surface area contributed by atoms with Crippen LogP contribution < -0.4 is 10.1 Å². The number of aryl methyl sites for hydroxylation is 1. The molecule has 0 aliphatic rings. The van der Waals surface area contributed by atoms with E-state index in [0.29, 0.717) is 30.2 Å². The van der Waals surface area contributed by atoms with Gasteiger partial charge in [-0.05, 0) is 43.5 Å². The Kier molecular flexibility index (Phi) is 6.67. The molecule has 0 saturated heterocycles. The first-order chi connectivity index (χ1) is 9.02. The molecule has 0 radical (unpaired) electrons. The van der Waals surface area contributed by atoms with E-state index in [2.05, 4.69) is 5.32 Å². The fraction of sp³-hybridized carbons (Fsp3) is 0.500. The third-order valence-electron chi connectivity index (χ3n) is 2.77. The summed E-state index contributed by atoms with van der Waals surface area (Å²) in [4.78, 5) is 11.5. The third kappa shape index (κ3) is 5.94. The Balaban J connectivity index is 2.28. The second-order valence-corrected chi connectivity index (χ2v) is 4.81. The molecule has 4 nitrogen and oxygen atoms in total. The average molecular weight is 286 g/mol. The first-order valence-corrected chi connectivity index (χ1v) is 6.74. The van der Waals surface area contributed by atoms with E-state index in [1.54, 1.807) is 18.2 Å². The van der Waals surface area contributed by atoms with Crippen molar-refractivity contribution in [2.75, 3.05) is 13.2 Å². The van der Waals surface area contributed by atoms with E-state index < -0.39 is 0 Å². The molecule has 0 spiro atoms. The molecular weight excluding hydrogens is 266 g/mol. The molecule has 1 aromatic carbocycles. The van der Waals surface area contributed by atoms with E-state index in [9.17, 15) is 9.90 Å². The molecule has 0 heterocycles. The number of carbonyl (C=O) groups is 1. The highest BCUT2D eigenvalue weighted by Gasteiger charge is 2.05. The molecule has 0 saturated carbocycles. The number of benzene rings is 1. The summed E-state index contributed by atoms with van der Waals surface area (Å²) in [6.07, 6.45) is 0.888. The monoisotopic (exact) mass is 285 g/mol. The first-order valence-electron chi connectivity index (χ1n) is 6.36. The molecule has 1 rings (SSSR count). The molecule has 19 heavy (non-hydrogen) atoms. The van der Waals surface area contributed by atoms with Crippen LogP contribution in [-0.2, 0) is 4.79 Å². The minimum Gasteiger partial charge on any atom is -0.484 e. The summed E-state index contributed by atoms with van der Waals surface area (Å²) in [5.74, 6) is 0.418. The van der Waals surface area contributed by atoms with Crippen LogP contribution in [0.15, 0.2) is 18.2 Å². The van der Waals surface area contributed by atoms with Crippen LogP contribution in [-0.4, -0.2) is 30.3 Å². The van der Waals surface area contributed by atoms with Crippen molar-refractivity contribution in [2.24, 2.45) is 0 Å². The lowest BCUT2D eigenvalue weighted by Gasteiger charge is -2.10. The number of rotatable bonds is 7. The van der Waals surface area contributed by atoms with Crippen molar-refractivity contribution in [3.05, 3.63) is 28.8 Å². The molecule has 1 unspecified atom stereocenters. The molecule has 0 aromatic heterocycles. The number of aliphatic hydroxyl groups is 1. The maximum Gasteiger partial charge on any atom is 0.257 e. The van der Waals surface area contributed by atoms with Gasteiger partial charge in [0.2, 0.25) is 0 Å². The van der Waals surface area contributed by atoms with Gasteiger partial charge in [0.25, 0.3) is 5.91 Å². The van der Waals surface area contributed by atoms with Crippen LogP contribution in [0.2, 0.25) is 5.02 Å². The van der Waals surface area contributed by atoms with E-state index in [1.807, 2.05) is 13.8 Å². The van der Waals surface area contributed by atoms with Crippen LogP contribution in [0, 0.1) is 6.92 Å². The summed E-state index contributed by atoms with van der Waals surface area (Å²) >= 11 is 5.90. The summed E-state index contributed by atoms with van der Waals surface area (Å²) < 4.78 is 5.35. The van der Waals surface area contributed by atoms with Gasteiger partial charge in [0, 0.05) is 11.6 Å². The lowest BCUT2D eigenvalue weighted by molar-refractivity contribution is -0.123. The molecule has 1 atom stereocenters. The molecule has 0 bridgehead atoms. The van der Waals surface area contributed by atoms with Gasteiger partial charge in [0.15, 0.2) is 6.61 Å². The Hall–Kier alpha value is -1.26. The molecule has 0 fully saturated rings. The number of nitrogens with one attached hydrogen (secondary N) is 1. The summed E-state index contributed by atoms with van der Waals surface area (Å²) in [6.45, 7) is 4.19. The molecule has 0 aliphatic heterocycles. The Morgan fingerprint density at radius 2 is 2.26 bits per heavy atom. The van der Waals surface area contributed by atoms with Crippen LogP contribution in [0.5, 0.6) is 5.75 Å². The highest BCUT2D eigenvalue weighted by molar-refractivity contribution is 6.31. The maximum absolute atomic E-state index is 11.5. The van der Waals surface area contributed by atoms with E-state index >= 15 is 0 Å². The highest BCUT2D eigenvalue weighted by Crippen LogP contribution is 2.20. The third-order valence-corrected chi connectivity index (χ3v) is 3.19. The van der Waals surface area contributed by atoms with Crippen LogP contribution in [0.1, 0.15) is 25.3 Å². The lowest BCUT2D eigenvalue weighted by atomic mass is 10.2. The number of ether oxygens (including phenoxy) is 1. The number of hydrogen-bond donors (Lipinski definition) is 2. The van der Waals surface area contributed by atoms with Crippen molar-refractivity contribution in [3.8, 4) is 5.75 Å². The standard InChI is InChI=1S/C14H20ClNO3/c1-3-11(17)6-7-16-14(18)9-19-12-4-5-13(15)10(2)8-12/h4-5,8,11,17H,3,6-7,9H2,1-2H3,(H,16,18). The topological polar surface area (TPSA) is 58.6 Å². The Labute approximate surface area is 118 Å². The van der Waals surface area contributed by atoms with Gasteiger partial charge in [-0.1, -0.05) is 18.5 Å². The van der Waals surface area contributed by atoms with E-state index in [1.165, 1.54) is 0 Å². The maximum atomic E-state index is 11.5. The highest BCUT2D eigenvalue weighted by atomic mass is 35.5. The zero-order valence-electron chi connectivity index (χ0n) is 11.3. The molecule has 0 aliphatic carbocycles. The van der Waals surface area contributed by atoms with E-state index in [-0.39, 0.29) is 18.6 Å². The van der Waals surface area contributed by atoms with Crippen LogP contribution in [0.25, 0.3) is 0 Å².